The molecule has 0 saturated carbocycles. The third-order valence-corrected chi connectivity index (χ3v) is 4.33. The second-order valence-electron chi connectivity index (χ2n) is 3.56. The zero-order chi connectivity index (χ0) is 12.2. The number of nitrogens with two attached hydrogens (primary N) is 2. The van der Waals surface area contributed by atoms with Gasteiger partial charge in [0.1, 0.15) is 6.04 Å². The third kappa shape index (κ3) is 3.14. The van der Waals surface area contributed by atoms with Crippen molar-refractivity contribution in [1.82, 2.24) is 4.31 Å². The van der Waals surface area contributed by atoms with Gasteiger partial charge in [0.2, 0.25) is 15.9 Å². The van der Waals surface area contributed by atoms with Gasteiger partial charge in [0.05, 0.1) is 19.0 Å². The Labute approximate surface area is 94.8 Å². The standard InChI is InChI=1S/C8H17N3O4S/c9-2-1-5-16(13,14)11-3-4-15-6-7(11)8(10)12/h7H,1-6,9H2,(H2,10,12). The zero-order valence-electron chi connectivity index (χ0n) is 8.96. The van der Waals surface area contributed by atoms with Crippen LogP contribution in [0.4, 0.5) is 0 Å². The van der Waals surface area contributed by atoms with E-state index in [4.69, 9.17) is 16.2 Å². The normalized spacial score (nSPS) is 23.2. The van der Waals surface area contributed by atoms with Crippen molar-refractivity contribution in [2.75, 3.05) is 32.1 Å². The predicted molar refractivity (Wildman–Crippen MR) is 58.0 cm³/mol. The molecule has 0 radical (unpaired) electrons. The Hall–Kier alpha value is -0.700. The number of morpholine rings is 1. The van der Waals surface area contributed by atoms with Crippen LogP contribution in [0.5, 0.6) is 0 Å². The summed E-state index contributed by atoms with van der Waals surface area (Å²) in [6.07, 6.45) is 0.366. The van der Waals surface area contributed by atoms with E-state index in [-0.39, 0.29) is 25.5 Å². The van der Waals surface area contributed by atoms with Crippen molar-refractivity contribution in [3.8, 4) is 0 Å². The van der Waals surface area contributed by atoms with Gasteiger partial charge in [-0.1, -0.05) is 0 Å². The molecule has 1 aliphatic rings. The zero-order valence-corrected chi connectivity index (χ0v) is 9.78. The van der Waals surface area contributed by atoms with Crippen LogP contribution in [-0.4, -0.2) is 56.7 Å². The first kappa shape index (κ1) is 13.4. The topological polar surface area (TPSA) is 116 Å². The molecule has 0 aromatic carbocycles. The molecule has 7 nitrogen and oxygen atoms in total. The van der Waals surface area contributed by atoms with Crippen LogP contribution in [0.3, 0.4) is 0 Å². The van der Waals surface area contributed by atoms with Gasteiger partial charge >= 0.3 is 0 Å². The highest BCUT2D eigenvalue weighted by Crippen LogP contribution is 2.13. The Kier molecular flexibility index (Phi) is 4.66. The van der Waals surface area contributed by atoms with Crippen LogP contribution in [0.15, 0.2) is 0 Å². The van der Waals surface area contributed by atoms with E-state index in [9.17, 15) is 13.2 Å². The van der Waals surface area contributed by atoms with E-state index < -0.39 is 22.0 Å². The quantitative estimate of drug-likeness (QED) is 0.578. The van der Waals surface area contributed by atoms with Gasteiger partial charge < -0.3 is 16.2 Å². The maximum atomic E-state index is 11.9. The van der Waals surface area contributed by atoms with Crippen molar-refractivity contribution >= 4 is 15.9 Å². The average Bonchev–Trinajstić information content (AvgIpc) is 2.26. The van der Waals surface area contributed by atoms with Crippen LogP contribution in [0.25, 0.3) is 0 Å². The number of carbonyl (C=O) groups is 1. The van der Waals surface area contributed by atoms with Crippen molar-refractivity contribution in [3.05, 3.63) is 0 Å². The summed E-state index contributed by atoms with van der Waals surface area (Å²) in [6, 6.07) is -0.892. The molecule has 1 fully saturated rings. The number of hydrogen-bond acceptors (Lipinski definition) is 5. The monoisotopic (exact) mass is 251 g/mol. The Morgan fingerprint density at radius 3 is 2.75 bits per heavy atom. The number of hydrogen-bond donors (Lipinski definition) is 2. The van der Waals surface area contributed by atoms with Gasteiger partial charge in [0, 0.05) is 6.54 Å². The number of primary amides is 1. The molecule has 0 spiro atoms. The molecule has 0 aromatic heterocycles. The highest BCUT2D eigenvalue weighted by Gasteiger charge is 2.35. The van der Waals surface area contributed by atoms with E-state index in [1.54, 1.807) is 0 Å². The molecule has 0 aromatic rings. The minimum Gasteiger partial charge on any atom is -0.378 e. The predicted octanol–water partition coefficient (Wildman–Crippen LogP) is -2.15. The fourth-order valence-corrected chi connectivity index (χ4v) is 3.20. The first-order valence-corrected chi connectivity index (χ1v) is 6.66. The molecule has 94 valence electrons. The molecule has 1 amide bonds. The number of ether oxygens (including phenoxy) is 1. The second-order valence-corrected chi connectivity index (χ2v) is 5.60. The largest absolute Gasteiger partial charge is 0.378 e. The van der Waals surface area contributed by atoms with Crippen molar-refractivity contribution < 1.29 is 17.9 Å². The fourth-order valence-electron chi connectivity index (χ4n) is 1.53. The summed E-state index contributed by atoms with van der Waals surface area (Å²) in [4.78, 5) is 11.1. The summed E-state index contributed by atoms with van der Waals surface area (Å²) >= 11 is 0. The van der Waals surface area contributed by atoms with Gasteiger partial charge in [-0.2, -0.15) is 4.31 Å². The van der Waals surface area contributed by atoms with Gasteiger partial charge in [-0.25, -0.2) is 8.42 Å². The molecular formula is C8H17N3O4S. The van der Waals surface area contributed by atoms with Gasteiger partial charge in [0.25, 0.3) is 0 Å². The summed E-state index contributed by atoms with van der Waals surface area (Å²) in [5, 5.41) is 0. The Bertz CT molecular complexity index is 343. The summed E-state index contributed by atoms with van der Waals surface area (Å²) in [7, 11) is -3.47. The lowest BCUT2D eigenvalue weighted by molar-refractivity contribution is -0.125. The molecule has 1 rings (SSSR count). The summed E-state index contributed by atoms with van der Waals surface area (Å²) < 4.78 is 29.9. The second kappa shape index (κ2) is 5.58. The maximum Gasteiger partial charge on any atom is 0.238 e. The molecular weight excluding hydrogens is 234 g/mol. The molecule has 1 atom stereocenters. The van der Waals surface area contributed by atoms with E-state index in [1.807, 2.05) is 0 Å². The van der Waals surface area contributed by atoms with E-state index in [0.29, 0.717) is 13.0 Å². The lowest BCUT2D eigenvalue weighted by Crippen LogP contribution is -2.55. The molecule has 16 heavy (non-hydrogen) atoms. The third-order valence-electron chi connectivity index (χ3n) is 2.37. The highest BCUT2D eigenvalue weighted by atomic mass is 32.2. The molecule has 1 saturated heterocycles. The Morgan fingerprint density at radius 1 is 1.50 bits per heavy atom. The van der Waals surface area contributed by atoms with E-state index >= 15 is 0 Å². The number of sulfonamides is 1. The van der Waals surface area contributed by atoms with Crippen LogP contribution in [0.2, 0.25) is 0 Å². The Morgan fingerprint density at radius 2 is 2.19 bits per heavy atom. The average molecular weight is 251 g/mol. The van der Waals surface area contributed by atoms with Crippen LogP contribution in [-0.2, 0) is 19.6 Å². The van der Waals surface area contributed by atoms with Crippen molar-refractivity contribution in [2.24, 2.45) is 11.5 Å². The minimum absolute atomic E-state index is 0.0250. The van der Waals surface area contributed by atoms with Gasteiger partial charge in [-0.05, 0) is 13.0 Å². The van der Waals surface area contributed by atoms with Crippen LogP contribution < -0.4 is 11.5 Å². The Balaban J connectivity index is 2.78. The molecule has 8 heteroatoms. The van der Waals surface area contributed by atoms with E-state index in [1.165, 1.54) is 0 Å². The summed E-state index contributed by atoms with van der Waals surface area (Å²) in [5.41, 5.74) is 10.4. The molecule has 1 heterocycles. The van der Waals surface area contributed by atoms with E-state index in [0.717, 1.165) is 4.31 Å². The first-order valence-electron chi connectivity index (χ1n) is 5.05. The number of amides is 1. The maximum absolute atomic E-state index is 11.9. The number of nitrogens with zero attached hydrogens (tertiary/aromatic N) is 1. The van der Waals surface area contributed by atoms with Gasteiger partial charge in [-0.3, -0.25) is 4.79 Å². The first-order chi connectivity index (χ1) is 7.49. The lowest BCUT2D eigenvalue weighted by atomic mass is 10.3. The van der Waals surface area contributed by atoms with Gasteiger partial charge in [0.15, 0.2) is 0 Å². The van der Waals surface area contributed by atoms with Crippen LogP contribution in [0, 0.1) is 0 Å². The number of rotatable bonds is 5. The SMILES string of the molecule is NCCCS(=O)(=O)N1CCOCC1C(N)=O. The molecule has 0 bridgehead atoms. The van der Waals surface area contributed by atoms with Crippen LogP contribution >= 0.6 is 0 Å². The van der Waals surface area contributed by atoms with Crippen molar-refractivity contribution in [2.45, 2.75) is 12.5 Å². The lowest BCUT2D eigenvalue weighted by Gasteiger charge is -2.32. The summed E-state index contributed by atoms with van der Waals surface area (Å²) in [6.45, 7) is 0.772. The van der Waals surface area contributed by atoms with Crippen molar-refractivity contribution in [3.63, 3.8) is 0 Å². The van der Waals surface area contributed by atoms with E-state index in [2.05, 4.69) is 0 Å². The van der Waals surface area contributed by atoms with Gasteiger partial charge in [-0.15, -0.1) is 0 Å². The molecule has 0 aliphatic carbocycles. The van der Waals surface area contributed by atoms with Crippen molar-refractivity contribution in [1.29, 1.82) is 0 Å². The molecule has 1 unspecified atom stereocenters. The minimum atomic E-state index is -3.47. The molecule has 4 N–H and O–H groups in total. The highest BCUT2D eigenvalue weighted by molar-refractivity contribution is 7.89. The fraction of sp³-hybridized carbons (Fsp3) is 0.875. The molecule has 1 aliphatic heterocycles. The smallest absolute Gasteiger partial charge is 0.238 e. The number of carbonyl (C=O) groups excluding carboxylic acids is 1. The van der Waals surface area contributed by atoms with Crippen LogP contribution in [0.1, 0.15) is 6.42 Å². The summed E-state index contributed by atoms with van der Waals surface area (Å²) in [5.74, 6) is -0.746.